The number of likely N-dealkylation sites (tertiary alicyclic amines) is 1. The van der Waals surface area contributed by atoms with Gasteiger partial charge in [0.2, 0.25) is 11.8 Å². The summed E-state index contributed by atoms with van der Waals surface area (Å²) in [6, 6.07) is 11.5. The number of aromatic nitrogens is 1. The van der Waals surface area contributed by atoms with Crippen LogP contribution >= 0.6 is 0 Å². The van der Waals surface area contributed by atoms with Crippen molar-refractivity contribution in [3.63, 3.8) is 0 Å². The first-order chi connectivity index (χ1) is 16.8. The molecular weight excluding hydrogens is 444 g/mol. The Hall–Kier alpha value is -3.59. The molecule has 1 saturated heterocycles. The molecule has 35 heavy (non-hydrogen) atoms. The highest BCUT2D eigenvalue weighted by Gasteiger charge is 2.38. The Morgan fingerprint density at radius 3 is 2.60 bits per heavy atom. The van der Waals surface area contributed by atoms with Gasteiger partial charge in [0, 0.05) is 24.5 Å². The monoisotopic (exact) mass is 478 g/mol. The lowest BCUT2D eigenvalue weighted by Crippen LogP contribution is -2.53. The Morgan fingerprint density at radius 2 is 2.00 bits per heavy atom. The highest BCUT2D eigenvalue weighted by molar-refractivity contribution is 5.90. The van der Waals surface area contributed by atoms with Crippen molar-refractivity contribution < 1.29 is 14.7 Å². The molecule has 9 heteroatoms. The van der Waals surface area contributed by atoms with Gasteiger partial charge in [-0.1, -0.05) is 44.2 Å². The zero-order valence-corrected chi connectivity index (χ0v) is 20.4. The molecule has 1 aromatic heterocycles. The molecule has 3 atom stereocenters. The molecular formula is C26H34N6O3. The molecule has 0 saturated carbocycles. The van der Waals surface area contributed by atoms with Crippen LogP contribution in [0.4, 0.5) is 0 Å². The van der Waals surface area contributed by atoms with E-state index in [2.05, 4.69) is 20.7 Å². The van der Waals surface area contributed by atoms with Crippen LogP contribution in [-0.2, 0) is 9.59 Å². The predicted octanol–water partition coefficient (Wildman–Crippen LogP) is 3.40. The number of rotatable bonds is 10. The third kappa shape index (κ3) is 6.51. The number of benzene rings is 1. The number of hydrogen-bond acceptors (Lipinski definition) is 7. The molecule has 4 N–H and O–H groups in total. The van der Waals surface area contributed by atoms with Crippen LogP contribution in [-0.4, -0.2) is 52.0 Å². The first kappa shape index (κ1) is 26.0. The third-order valence-corrected chi connectivity index (χ3v) is 6.19. The minimum Gasteiger partial charge on any atom is -0.394 e. The maximum Gasteiger partial charge on any atom is 0.245 e. The van der Waals surface area contributed by atoms with Crippen LogP contribution in [0.25, 0.3) is 11.3 Å². The van der Waals surface area contributed by atoms with Gasteiger partial charge in [-0.3, -0.25) is 14.6 Å². The number of nitrogens with zero attached hydrogens (tertiary/aromatic N) is 3. The Bertz CT molecular complexity index is 1040. The van der Waals surface area contributed by atoms with Gasteiger partial charge in [-0.2, -0.15) is 5.11 Å². The van der Waals surface area contributed by atoms with Crippen molar-refractivity contribution in [1.82, 2.24) is 20.5 Å². The van der Waals surface area contributed by atoms with Crippen LogP contribution in [0.3, 0.4) is 0 Å². The summed E-state index contributed by atoms with van der Waals surface area (Å²) >= 11 is 0. The second-order valence-electron chi connectivity index (χ2n) is 9.06. The summed E-state index contributed by atoms with van der Waals surface area (Å²) in [4.78, 5) is 32.5. The van der Waals surface area contributed by atoms with Gasteiger partial charge in [-0.15, -0.1) is 0 Å². The van der Waals surface area contributed by atoms with Crippen LogP contribution < -0.4 is 10.6 Å². The number of nitrogens with one attached hydrogen (secondary N) is 3. The van der Waals surface area contributed by atoms with Crippen molar-refractivity contribution in [2.45, 2.75) is 51.7 Å². The summed E-state index contributed by atoms with van der Waals surface area (Å²) in [7, 11) is 0. The maximum atomic E-state index is 13.3. The summed E-state index contributed by atoms with van der Waals surface area (Å²) in [5.41, 5.74) is 10.1. The first-order valence-electron chi connectivity index (χ1n) is 11.9. The quantitative estimate of drug-likeness (QED) is 0.389. The number of amides is 2. The maximum absolute atomic E-state index is 13.3. The van der Waals surface area contributed by atoms with Crippen LogP contribution in [0.15, 0.2) is 65.7 Å². The smallest absolute Gasteiger partial charge is 0.245 e. The molecule has 2 aromatic rings. The minimum atomic E-state index is -0.599. The fraction of sp³-hybridized carbons (Fsp3) is 0.423. The topological polar surface area (TPSA) is 131 Å². The lowest BCUT2D eigenvalue weighted by atomic mass is 10.0. The molecule has 3 rings (SSSR count). The van der Waals surface area contributed by atoms with Crippen molar-refractivity contribution in [3.8, 4) is 11.3 Å². The van der Waals surface area contributed by atoms with E-state index in [1.54, 1.807) is 24.2 Å². The fourth-order valence-electron chi connectivity index (χ4n) is 4.20. The predicted molar refractivity (Wildman–Crippen MR) is 133 cm³/mol. The average molecular weight is 479 g/mol. The summed E-state index contributed by atoms with van der Waals surface area (Å²) in [5, 5.41) is 19.3. The number of allylic oxidation sites excluding steroid dienone is 1. The molecule has 0 unspecified atom stereocenters. The van der Waals surface area contributed by atoms with Crippen molar-refractivity contribution >= 4 is 11.8 Å². The van der Waals surface area contributed by atoms with Crippen molar-refractivity contribution in [2.24, 2.45) is 11.0 Å². The van der Waals surface area contributed by atoms with E-state index in [-0.39, 0.29) is 24.3 Å². The molecule has 0 bridgehead atoms. The molecule has 1 aliphatic rings. The largest absolute Gasteiger partial charge is 0.394 e. The number of aliphatic hydroxyl groups is 1. The highest BCUT2D eigenvalue weighted by atomic mass is 16.3. The van der Waals surface area contributed by atoms with Gasteiger partial charge in [-0.25, -0.2) is 5.53 Å². The zero-order chi connectivity index (χ0) is 25.4. The van der Waals surface area contributed by atoms with Gasteiger partial charge < -0.3 is 20.6 Å². The molecule has 0 spiro atoms. The fourth-order valence-corrected chi connectivity index (χ4v) is 4.20. The average Bonchev–Trinajstić information content (AvgIpc) is 3.37. The number of pyridine rings is 1. The van der Waals surface area contributed by atoms with Crippen molar-refractivity contribution in [1.29, 1.82) is 5.53 Å². The molecule has 9 nitrogen and oxygen atoms in total. The molecule has 2 amide bonds. The van der Waals surface area contributed by atoms with E-state index in [0.717, 1.165) is 23.2 Å². The van der Waals surface area contributed by atoms with Crippen molar-refractivity contribution in [3.05, 3.63) is 66.1 Å². The van der Waals surface area contributed by atoms with Crippen LogP contribution in [0.2, 0.25) is 0 Å². The third-order valence-electron chi connectivity index (χ3n) is 6.19. The van der Waals surface area contributed by atoms with Gasteiger partial charge in [0.1, 0.15) is 12.1 Å². The number of hydrogen-bond donors (Lipinski definition) is 4. The Balaban J connectivity index is 1.70. The van der Waals surface area contributed by atoms with Crippen LogP contribution in [0.5, 0.6) is 0 Å². The number of aliphatic hydroxyl groups excluding tert-OH is 1. The molecule has 1 fully saturated rings. The normalized spacial score (nSPS) is 17.7. The molecule has 0 aliphatic carbocycles. The van der Waals surface area contributed by atoms with Gasteiger partial charge in [0.05, 0.1) is 24.0 Å². The van der Waals surface area contributed by atoms with Crippen LogP contribution in [0, 0.1) is 11.4 Å². The zero-order valence-electron chi connectivity index (χ0n) is 20.4. The van der Waals surface area contributed by atoms with Crippen LogP contribution in [0.1, 0.15) is 45.2 Å². The molecule has 2 heterocycles. The minimum absolute atomic E-state index is 0.0237. The second-order valence-corrected chi connectivity index (χ2v) is 9.06. The summed E-state index contributed by atoms with van der Waals surface area (Å²) < 4.78 is 0. The standard InChI is InChI=1S/C26H34N6O3/c1-17(2)24(29-15-18(3)31-27)26(35)32-14-6-8-23(32)25(34)30-22(16-33)20-11-9-19(10-12-20)21-7-4-5-13-28-21/h4-5,7,9-13,15,17,22-24,27,29,33H,6,8,14,16H2,1-3H3,(H,30,34)/b18-15-,31-27?/t22-,23-,24-/m0/s1. The van der Waals surface area contributed by atoms with Gasteiger partial charge >= 0.3 is 0 Å². The Labute approximate surface area is 206 Å². The number of carbonyl (C=O) groups is 2. The van der Waals surface area contributed by atoms with Gasteiger partial charge in [-0.05, 0) is 43.4 Å². The molecule has 1 aliphatic heterocycles. The molecule has 1 aromatic carbocycles. The summed E-state index contributed by atoms with van der Waals surface area (Å²) in [5.74, 6) is -0.463. The SMILES string of the molecule is C/C(=C/N[C@H](C(=O)N1CCC[C@H]1C(=O)N[C@@H](CO)c1ccc(-c2ccccn2)cc1)C(C)C)N=N. The van der Waals surface area contributed by atoms with Gasteiger partial charge in [0.25, 0.3) is 0 Å². The summed E-state index contributed by atoms with van der Waals surface area (Å²) in [6.07, 6.45) is 4.58. The Morgan fingerprint density at radius 1 is 1.26 bits per heavy atom. The lowest BCUT2D eigenvalue weighted by molar-refractivity contribution is -0.141. The molecule has 0 radical (unpaired) electrons. The second kappa shape index (κ2) is 12.2. The number of carbonyl (C=O) groups excluding carboxylic acids is 2. The highest BCUT2D eigenvalue weighted by Crippen LogP contribution is 2.23. The first-order valence-corrected chi connectivity index (χ1v) is 11.9. The van der Waals surface area contributed by atoms with E-state index >= 15 is 0 Å². The summed E-state index contributed by atoms with van der Waals surface area (Å²) in [6.45, 7) is 5.77. The lowest BCUT2D eigenvalue weighted by Gasteiger charge is -2.31. The van der Waals surface area contributed by atoms with Crippen molar-refractivity contribution in [2.75, 3.05) is 13.2 Å². The van der Waals surface area contributed by atoms with Gasteiger partial charge in [0.15, 0.2) is 0 Å². The van der Waals surface area contributed by atoms with E-state index in [4.69, 9.17) is 5.53 Å². The van der Waals surface area contributed by atoms with E-state index in [1.807, 2.05) is 56.3 Å². The molecule has 186 valence electrons. The van der Waals surface area contributed by atoms with E-state index in [0.29, 0.717) is 18.7 Å². The van der Waals surface area contributed by atoms with E-state index in [1.165, 1.54) is 0 Å². The van der Waals surface area contributed by atoms with E-state index in [9.17, 15) is 14.7 Å². The Kier molecular flexibility index (Phi) is 9.08. The van der Waals surface area contributed by atoms with E-state index < -0.39 is 18.1 Å².